The molecule has 0 saturated carbocycles. The molecule has 3 nitrogen and oxygen atoms in total. The minimum atomic E-state index is -1.39. The Morgan fingerprint density at radius 1 is 1.71 bits per heavy atom. The van der Waals surface area contributed by atoms with Gasteiger partial charge in [-0.1, -0.05) is 0 Å². The number of thiazole rings is 1. The molecule has 0 aliphatic carbocycles. The summed E-state index contributed by atoms with van der Waals surface area (Å²) in [7, 11) is 0. The zero-order valence-corrected chi connectivity index (χ0v) is 8.90. The number of rotatable bonds is 4. The maximum Gasteiger partial charge on any atom is 0.303 e. The van der Waals surface area contributed by atoms with Gasteiger partial charge in [-0.25, -0.2) is 9.37 Å². The quantitative estimate of drug-likeness (QED) is 0.842. The van der Waals surface area contributed by atoms with Crippen LogP contribution in [0.4, 0.5) is 4.39 Å². The number of carboxylic acid groups (broad SMARTS) is 1. The Kier molecular flexibility index (Phi) is 3.21. The van der Waals surface area contributed by atoms with Crippen LogP contribution in [0.25, 0.3) is 0 Å². The number of carbonyl (C=O) groups is 1. The first-order valence-corrected chi connectivity index (χ1v) is 5.07. The molecule has 1 heterocycles. The van der Waals surface area contributed by atoms with Gasteiger partial charge >= 0.3 is 5.97 Å². The summed E-state index contributed by atoms with van der Waals surface area (Å²) in [5.74, 6) is -0.860. The van der Waals surface area contributed by atoms with Crippen molar-refractivity contribution < 1.29 is 14.3 Å². The summed E-state index contributed by atoms with van der Waals surface area (Å²) in [4.78, 5) is 14.8. The van der Waals surface area contributed by atoms with Gasteiger partial charge in [0.2, 0.25) is 0 Å². The molecule has 0 saturated heterocycles. The highest BCUT2D eigenvalue weighted by Crippen LogP contribution is 2.29. The molecule has 1 rings (SSSR count). The van der Waals surface area contributed by atoms with Crippen LogP contribution in [0, 0.1) is 0 Å². The van der Waals surface area contributed by atoms with Gasteiger partial charge in [0.15, 0.2) is 0 Å². The molecule has 0 aliphatic heterocycles. The average Bonchev–Trinajstić information content (AvgIpc) is 2.47. The SMILES string of the molecule is CC(C)(F)c1cnc(CCC(=O)O)s1. The van der Waals surface area contributed by atoms with Crippen molar-refractivity contribution in [3.05, 3.63) is 16.1 Å². The predicted octanol–water partition coefficient (Wildman–Crippen LogP) is 2.36. The Morgan fingerprint density at radius 3 is 2.79 bits per heavy atom. The molecule has 0 atom stereocenters. The molecule has 0 aromatic carbocycles. The first-order chi connectivity index (χ1) is 6.39. The molecule has 1 aromatic rings. The molecule has 0 unspecified atom stereocenters. The zero-order valence-electron chi connectivity index (χ0n) is 8.08. The molecule has 0 radical (unpaired) electrons. The summed E-state index contributed by atoms with van der Waals surface area (Å²) < 4.78 is 13.4. The number of aryl methyl sites for hydroxylation is 1. The van der Waals surface area contributed by atoms with E-state index < -0.39 is 11.6 Å². The Balaban J connectivity index is 2.64. The van der Waals surface area contributed by atoms with E-state index in [9.17, 15) is 9.18 Å². The van der Waals surface area contributed by atoms with Crippen molar-refractivity contribution >= 4 is 17.3 Å². The van der Waals surface area contributed by atoms with Gasteiger partial charge in [-0.15, -0.1) is 11.3 Å². The number of carboxylic acids is 1. The molecule has 0 amide bonds. The molecule has 0 fully saturated rings. The zero-order chi connectivity index (χ0) is 10.8. The van der Waals surface area contributed by atoms with Crippen molar-refractivity contribution in [2.45, 2.75) is 32.4 Å². The monoisotopic (exact) mass is 217 g/mol. The average molecular weight is 217 g/mol. The number of alkyl halides is 1. The molecule has 0 aliphatic rings. The van der Waals surface area contributed by atoms with Crippen LogP contribution in [-0.2, 0) is 16.9 Å². The van der Waals surface area contributed by atoms with E-state index in [1.54, 1.807) is 0 Å². The Labute approximate surface area is 85.6 Å². The third-order valence-electron chi connectivity index (χ3n) is 1.69. The van der Waals surface area contributed by atoms with Gasteiger partial charge in [0.1, 0.15) is 5.67 Å². The number of halogens is 1. The number of nitrogens with zero attached hydrogens (tertiary/aromatic N) is 1. The van der Waals surface area contributed by atoms with Gasteiger partial charge in [-0.2, -0.15) is 0 Å². The molecule has 1 aromatic heterocycles. The highest BCUT2D eigenvalue weighted by Gasteiger charge is 2.21. The predicted molar refractivity (Wildman–Crippen MR) is 52.2 cm³/mol. The van der Waals surface area contributed by atoms with Crippen molar-refractivity contribution in [2.75, 3.05) is 0 Å². The minimum absolute atomic E-state index is 0.0413. The summed E-state index contributed by atoms with van der Waals surface area (Å²) >= 11 is 1.23. The van der Waals surface area contributed by atoms with Crippen LogP contribution in [-0.4, -0.2) is 16.1 Å². The van der Waals surface area contributed by atoms with E-state index in [1.807, 2.05) is 0 Å². The third kappa shape index (κ3) is 3.06. The molecule has 78 valence electrons. The molecular formula is C9H12FNO2S. The van der Waals surface area contributed by atoms with Crippen LogP contribution in [0.1, 0.15) is 30.2 Å². The van der Waals surface area contributed by atoms with Gasteiger partial charge in [0.05, 0.1) is 16.3 Å². The van der Waals surface area contributed by atoms with E-state index in [2.05, 4.69) is 4.98 Å². The van der Waals surface area contributed by atoms with E-state index in [0.717, 1.165) is 0 Å². The fraction of sp³-hybridized carbons (Fsp3) is 0.556. The summed E-state index contributed by atoms with van der Waals surface area (Å²) in [6.45, 7) is 2.92. The van der Waals surface area contributed by atoms with Gasteiger partial charge < -0.3 is 5.11 Å². The molecule has 14 heavy (non-hydrogen) atoms. The number of aliphatic carboxylic acids is 1. The Bertz CT molecular complexity index is 330. The van der Waals surface area contributed by atoms with Crippen LogP contribution in [0.15, 0.2) is 6.20 Å². The highest BCUT2D eigenvalue weighted by molar-refractivity contribution is 7.11. The Morgan fingerprint density at radius 2 is 2.36 bits per heavy atom. The fourth-order valence-corrected chi connectivity index (χ4v) is 1.83. The lowest BCUT2D eigenvalue weighted by Crippen LogP contribution is -2.05. The van der Waals surface area contributed by atoms with E-state index >= 15 is 0 Å². The summed E-state index contributed by atoms with van der Waals surface area (Å²) in [6, 6.07) is 0. The van der Waals surface area contributed by atoms with E-state index in [0.29, 0.717) is 16.3 Å². The van der Waals surface area contributed by atoms with E-state index in [-0.39, 0.29) is 6.42 Å². The second kappa shape index (κ2) is 4.04. The van der Waals surface area contributed by atoms with Crippen LogP contribution in [0.3, 0.4) is 0 Å². The lowest BCUT2D eigenvalue weighted by Gasteiger charge is -2.09. The topological polar surface area (TPSA) is 50.2 Å². The fourth-order valence-electron chi connectivity index (χ4n) is 0.915. The largest absolute Gasteiger partial charge is 0.481 e. The first-order valence-electron chi connectivity index (χ1n) is 4.25. The number of hydrogen-bond donors (Lipinski definition) is 1. The standard InChI is InChI=1S/C9H12FNO2S/c1-9(2,10)6-5-11-7(14-6)3-4-8(12)13/h5H,3-4H2,1-2H3,(H,12,13). The van der Waals surface area contributed by atoms with Crippen LogP contribution < -0.4 is 0 Å². The smallest absolute Gasteiger partial charge is 0.303 e. The van der Waals surface area contributed by atoms with Crippen molar-refractivity contribution in [3.8, 4) is 0 Å². The minimum Gasteiger partial charge on any atom is -0.481 e. The first kappa shape index (κ1) is 11.1. The Hall–Kier alpha value is -0.970. The van der Waals surface area contributed by atoms with Gasteiger partial charge in [-0.05, 0) is 13.8 Å². The molecule has 5 heteroatoms. The maximum absolute atomic E-state index is 13.4. The van der Waals surface area contributed by atoms with E-state index in [4.69, 9.17) is 5.11 Å². The normalized spacial score (nSPS) is 11.6. The van der Waals surface area contributed by atoms with Crippen molar-refractivity contribution in [1.82, 2.24) is 4.98 Å². The summed E-state index contributed by atoms with van der Waals surface area (Å²) in [6.07, 6.45) is 1.89. The summed E-state index contributed by atoms with van der Waals surface area (Å²) in [5.41, 5.74) is -1.39. The number of aromatic nitrogens is 1. The van der Waals surface area contributed by atoms with Crippen LogP contribution in [0.2, 0.25) is 0 Å². The highest BCUT2D eigenvalue weighted by atomic mass is 32.1. The molecule has 0 spiro atoms. The maximum atomic E-state index is 13.4. The van der Waals surface area contributed by atoms with E-state index in [1.165, 1.54) is 31.4 Å². The van der Waals surface area contributed by atoms with Gasteiger partial charge in [0, 0.05) is 12.6 Å². The van der Waals surface area contributed by atoms with Gasteiger partial charge in [-0.3, -0.25) is 4.79 Å². The van der Waals surface area contributed by atoms with Crippen LogP contribution in [0.5, 0.6) is 0 Å². The molecule has 0 bridgehead atoms. The molecule has 1 N–H and O–H groups in total. The summed E-state index contributed by atoms with van der Waals surface area (Å²) in [5, 5.41) is 9.12. The number of hydrogen-bond acceptors (Lipinski definition) is 3. The van der Waals surface area contributed by atoms with Crippen molar-refractivity contribution in [2.24, 2.45) is 0 Å². The lowest BCUT2D eigenvalue weighted by molar-refractivity contribution is -0.136. The van der Waals surface area contributed by atoms with Crippen molar-refractivity contribution in [3.63, 3.8) is 0 Å². The molecular weight excluding hydrogens is 205 g/mol. The van der Waals surface area contributed by atoms with Crippen molar-refractivity contribution in [1.29, 1.82) is 0 Å². The van der Waals surface area contributed by atoms with Gasteiger partial charge in [0.25, 0.3) is 0 Å². The third-order valence-corrected chi connectivity index (χ3v) is 3.05. The van der Waals surface area contributed by atoms with Crippen LogP contribution >= 0.6 is 11.3 Å². The second-order valence-electron chi connectivity index (χ2n) is 3.48. The lowest BCUT2D eigenvalue weighted by atomic mass is 10.1. The second-order valence-corrected chi connectivity index (χ2v) is 4.60.